The minimum atomic E-state index is -4.73. The van der Waals surface area contributed by atoms with E-state index < -0.39 is 23.8 Å². The third-order valence-electron chi connectivity index (χ3n) is 7.27. The van der Waals surface area contributed by atoms with Crippen molar-refractivity contribution >= 4 is 11.6 Å². The van der Waals surface area contributed by atoms with E-state index in [0.29, 0.717) is 35.5 Å². The molecule has 5 rings (SSSR count). The first-order valence-corrected chi connectivity index (χ1v) is 12.7. The van der Waals surface area contributed by atoms with Gasteiger partial charge in [0.25, 0.3) is 5.91 Å². The monoisotopic (exact) mass is 548 g/mol. The van der Waals surface area contributed by atoms with Gasteiger partial charge in [-0.25, -0.2) is 9.50 Å². The largest absolute Gasteiger partial charge is 0.497 e. The molecule has 206 valence electrons. The van der Waals surface area contributed by atoms with Crippen LogP contribution in [0.4, 0.5) is 13.2 Å². The van der Waals surface area contributed by atoms with E-state index in [1.807, 2.05) is 42.2 Å². The van der Waals surface area contributed by atoms with Crippen molar-refractivity contribution in [2.24, 2.45) is 0 Å². The van der Waals surface area contributed by atoms with Gasteiger partial charge in [0.15, 0.2) is 11.3 Å². The van der Waals surface area contributed by atoms with Crippen molar-refractivity contribution in [1.82, 2.24) is 24.4 Å². The van der Waals surface area contributed by atoms with E-state index >= 15 is 0 Å². The van der Waals surface area contributed by atoms with Crippen LogP contribution in [0.2, 0.25) is 0 Å². The van der Waals surface area contributed by atoms with Crippen molar-refractivity contribution in [2.45, 2.75) is 32.1 Å². The molecule has 1 saturated heterocycles. The quantitative estimate of drug-likeness (QED) is 0.343. The number of amides is 1. The lowest BCUT2D eigenvalue weighted by atomic mass is 10.0. The van der Waals surface area contributed by atoms with Crippen LogP contribution in [-0.4, -0.2) is 63.1 Å². The number of methoxy groups -OCH3 is 1. The summed E-state index contributed by atoms with van der Waals surface area (Å²) in [4.78, 5) is 21.9. The normalized spacial score (nSPS) is 17.0. The Morgan fingerprint density at radius 3 is 2.42 bits per heavy atom. The number of piperazine rings is 1. The van der Waals surface area contributed by atoms with Crippen LogP contribution in [0.1, 0.15) is 40.1 Å². The van der Waals surface area contributed by atoms with Gasteiger partial charge in [0, 0.05) is 36.8 Å². The minimum absolute atomic E-state index is 0.0135. The molecule has 2 aromatic carbocycles. The molecule has 0 unspecified atom stereocenters. The molecule has 0 N–H and O–H groups in total. The molecule has 0 aliphatic carbocycles. The SMILES string of the molecule is COc1ccc(-c2nc3c(C(=O)N4CCN([C@@H](C#N)c5ccccc5)C[C@H]4C)cnn3c(C(F)(F)F)c2C)cc1. The molecule has 1 aliphatic heterocycles. The fourth-order valence-corrected chi connectivity index (χ4v) is 5.27. The fraction of sp³-hybridized carbons (Fsp3) is 0.310. The smallest absolute Gasteiger partial charge is 0.433 e. The Morgan fingerprint density at radius 2 is 1.82 bits per heavy atom. The first-order valence-electron chi connectivity index (χ1n) is 12.7. The van der Waals surface area contributed by atoms with Gasteiger partial charge >= 0.3 is 6.18 Å². The van der Waals surface area contributed by atoms with E-state index in [1.165, 1.54) is 14.0 Å². The second kappa shape index (κ2) is 10.6. The van der Waals surface area contributed by atoms with Gasteiger partial charge < -0.3 is 9.64 Å². The highest BCUT2D eigenvalue weighted by atomic mass is 19.4. The van der Waals surface area contributed by atoms with E-state index in [-0.39, 0.29) is 28.5 Å². The lowest BCUT2D eigenvalue weighted by molar-refractivity contribution is -0.143. The summed E-state index contributed by atoms with van der Waals surface area (Å²) in [5, 5.41) is 13.8. The van der Waals surface area contributed by atoms with Gasteiger partial charge in [-0.3, -0.25) is 9.69 Å². The third-order valence-corrected chi connectivity index (χ3v) is 7.27. The number of alkyl halides is 3. The van der Waals surface area contributed by atoms with Gasteiger partial charge in [-0.05, 0) is 43.7 Å². The maximum absolute atomic E-state index is 14.3. The van der Waals surface area contributed by atoms with E-state index in [9.17, 15) is 23.2 Å². The first kappa shape index (κ1) is 27.1. The summed E-state index contributed by atoms with van der Waals surface area (Å²) in [6, 6.07) is 17.5. The third kappa shape index (κ3) is 4.86. The molecule has 0 radical (unpaired) electrons. The van der Waals surface area contributed by atoms with Crippen LogP contribution >= 0.6 is 0 Å². The summed E-state index contributed by atoms with van der Waals surface area (Å²) in [5.41, 5.74) is 0.163. The van der Waals surface area contributed by atoms with E-state index in [4.69, 9.17) is 4.74 Å². The molecule has 8 nitrogen and oxygen atoms in total. The Balaban J connectivity index is 1.50. The molecule has 1 aliphatic rings. The Bertz CT molecular complexity index is 1580. The summed E-state index contributed by atoms with van der Waals surface area (Å²) in [6.45, 7) is 4.36. The van der Waals surface area contributed by atoms with Gasteiger partial charge in [0.05, 0.1) is 25.1 Å². The minimum Gasteiger partial charge on any atom is -0.497 e. The van der Waals surface area contributed by atoms with Crippen molar-refractivity contribution < 1.29 is 22.7 Å². The molecule has 40 heavy (non-hydrogen) atoms. The van der Waals surface area contributed by atoms with Crippen LogP contribution in [0.3, 0.4) is 0 Å². The Kier molecular flexibility index (Phi) is 7.21. The number of rotatable bonds is 5. The number of nitrogens with zero attached hydrogens (tertiary/aromatic N) is 6. The van der Waals surface area contributed by atoms with Crippen molar-refractivity contribution in [3.05, 3.63) is 83.2 Å². The Labute approximate surface area is 229 Å². The second-order valence-electron chi connectivity index (χ2n) is 9.74. The van der Waals surface area contributed by atoms with Gasteiger partial charge in [-0.1, -0.05) is 30.3 Å². The van der Waals surface area contributed by atoms with Crippen LogP contribution in [0, 0.1) is 18.3 Å². The maximum atomic E-state index is 14.3. The molecule has 11 heteroatoms. The standard InChI is InChI=1S/C29H27F3N6O2/c1-18-17-36(24(15-33)20-7-5-4-6-8-20)13-14-37(18)28(39)23-16-34-38-26(29(30,31)32)19(2)25(35-27(23)38)21-9-11-22(40-3)12-10-21/h4-12,16,18,24H,13-14,17H2,1-3H3/t18-,24+/m1/s1. The summed E-state index contributed by atoms with van der Waals surface area (Å²) >= 11 is 0. The zero-order valence-corrected chi connectivity index (χ0v) is 22.2. The highest BCUT2D eigenvalue weighted by Crippen LogP contribution is 2.37. The van der Waals surface area contributed by atoms with Crippen LogP contribution in [0.5, 0.6) is 5.75 Å². The van der Waals surface area contributed by atoms with Crippen LogP contribution in [0.25, 0.3) is 16.9 Å². The number of hydrogen-bond acceptors (Lipinski definition) is 6. The molecule has 2 aromatic heterocycles. The molecule has 0 bridgehead atoms. The van der Waals surface area contributed by atoms with Crippen molar-refractivity contribution in [3.63, 3.8) is 0 Å². The molecular formula is C29H27F3N6O2. The summed E-state index contributed by atoms with van der Waals surface area (Å²) in [5.74, 6) is 0.0957. The second-order valence-corrected chi connectivity index (χ2v) is 9.74. The predicted molar refractivity (Wildman–Crippen MR) is 142 cm³/mol. The molecule has 2 atom stereocenters. The summed E-state index contributed by atoms with van der Waals surface area (Å²) in [7, 11) is 1.50. The van der Waals surface area contributed by atoms with Crippen molar-refractivity contribution in [1.29, 1.82) is 5.26 Å². The number of hydrogen-bond donors (Lipinski definition) is 0. The number of nitriles is 1. The zero-order chi connectivity index (χ0) is 28.6. The summed E-state index contributed by atoms with van der Waals surface area (Å²) in [6.07, 6.45) is -3.58. The topological polar surface area (TPSA) is 86.8 Å². The molecule has 4 aromatic rings. The van der Waals surface area contributed by atoms with E-state index in [1.54, 1.807) is 29.2 Å². The van der Waals surface area contributed by atoms with E-state index in [0.717, 1.165) is 11.8 Å². The molecule has 1 amide bonds. The van der Waals surface area contributed by atoms with Crippen LogP contribution < -0.4 is 4.74 Å². The molecule has 3 heterocycles. The molecule has 1 fully saturated rings. The highest BCUT2D eigenvalue weighted by Gasteiger charge is 2.39. The number of fused-ring (bicyclic) bond motifs is 1. The van der Waals surface area contributed by atoms with E-state index in [2.05, 4.69) is 16.2 Å². The van der Waals surface area contributed by atoms with Gasteiger partial charge in [-0.2, -0.15) is 23.5 Å². The van der Waals surface area contributed by atoms with Crippen LogP contribution in [0.15, 0.2) is 60.8 Å². The van der Waals surface area contributed by atoms with Gasteiger partial charge in [-0.15, -0.1) is 0 Å². The average molecular weight is 549 g/mol. The molecule has 0 spiro atoms. The number of carbonyl (C=O) groups excluding carboxylic acids is 1. The van der Waals surface area contributed by atoms with Gasteiger partial charge in [0.2, 0.25) is 0 Å². The van der Waals surface area contributed by atoms with Crippen molar-refractivity contribution in [2.75, 3.05) is 26.7 Å². The van der Waals surface area contributed by atoms with Gasteiger partial charge in [0.1, 0.15) is 17.4 Å². The first-order chi connectivity index (χ1) is 19.1. The number of benzene rings is 2. The van der Waals surface area contributed by atoms with Crippen LogP contribution in [-0.2, 0) is 6.18 Å². The molecular weight excluding hydrogens is 521 g/mol. The number of ether oxygens (including phenoxy) is 1. The maximum Gasteiger partial charge on any atom is 0.433 e. The molecule has 0 saturated carbocycles. The predicted octanol–water partition coefficient (Wildman–Crippen LogP) is 5.14. The number of aromatic nitrogens is 3. The van der Waals surface area contributed by atoms with Crippen molar-refractivity contribution in [3.8, 4) is 23.1 Å². The highest BCUT2D eigenvalue weighted by molar-refractivity contribution is 6.00. The Morgan fingerprint density at radius 1 is 1.12 bits per heavy atom. The lowest BCUT2D eigenvalue weighted by Gasteiger charge is -2.41. The fourth-order valence-electron chi connectivity index (χ4n) is 5.27. The average Bonchev–Trinajstić information content (AvgIpc) is 3.36. The zero-order valence-electron chi connectivity index (χ0n) is 22.2. The Hall–Kier alpha value is -4.43. The number of carbonyl (C=O) groups is 1. The number of halogens is 3. The summed E-state index contributed by atoms with van der Waals surface area (Å²) < 4.78 is 48.7. The lowest BCUT2D eigenvalue weighted by Crippen LogP contribution is -2.54.